The van der Waals surface area contributed by atoms with Crippen molar-refractivity contribution in [3.63, 3.8) is 0 Å². The zero-order valence-corrected chi connectivity index (χ0v) is 10.6. The average Bonchev–Trinajstić information content (AvgIpc) is 2.34. The van der Waals surface area contributed by atoms with E-state index in [1.54, 1.807) is 0 Å². The molecule has 0 fully saturated rings. The molecule has 0 aliphatic rings. The molecule has 100 valence electrons. The molecule has 0 heterocycles. The third-order valence-corrected chi connectivity index (χ3v) is 2.36. The molecule has 18 heavy (non-hydrogen) atoms. The Kier molecular flexibility index (Phi) is 6.83. The molecule has 1 aromatic rings. The zero-order valence-electron chi connectivity index (χ0n) is 10.6. The van der Waals surface area contributed by atoms with E-state index in [4.69, 9.17) is 9.84 Å². The van der Waals surface area contributed by atoms with Crippen molar-refractivity contribution in [2.45, 2.75) is 19.6 Å². The molecule has 0 aromatic heterocycles. The van der Waals surface area contributed by atoms with E-state index in [2.05, 4.69) is 10.6 Å². The van der Waals surface area contributed by atoms with Crippen molar-refractivity contribution >= 4 is 6.09 Å². The van der Waals surface area contributed by atoms with Crippen LogP contribution in [0.4, 0.5) is 4.79 Å². The molecule has 3 N–H and O–H groups in total. The van der Waals surface area contributed by atoms with Gasteiger partial charge in [-0.25, -0.2) is 4.79 Å². The van der Waals surface area contributed by atoms with E-state index in [0.29, 0.717) is 26.3 Å². The van der Waals surface area contributed by atoms with Crippen molar-refractivity contribution in [1.29, 1.82) is 0 Å². The predicted octanol–water partition coefficient (Wildman–Crippen LogP) is 1.45. The van der Waals surface area contributed by atoms with Gasteiger partial charge in [-0.1, -0.05) is 30.3 Å². The number of rotatable bonds is 8. The van der Waals surface area contributed by atoms with Crippen molar-refractivity contribution in [3.05, 3.63) is 35.9 Å². The van der Waals surface area contributed by atoms with Crippen molar-refractivity contribution < 1.29 is 14.6 Å². The SMILES string of the molecule is CC(CNCCOCc1ccccc1)NC(=O)O. The fourth-order valence-corrected chi connectivity index (χ4v) is 1.49. The Balaban J connectivity index is 1.97. The van der Waals surface area contributed by atoms with E-state index in [1.165, 1.54) is 0 Å². The maximum Gasteiger partial charge on any atom is 0.404 e. The third-order valence-electron chi connectivity index (χ3n) is 2.36. The Morgan fingerprint density at radius 2 is 2.11 bits per heavy atom. The van der Waals surface area contributed by atoms with Crippen LogP contribution in [-0.2, 0) is 11.3 Å². The molecule has 1 rings (SSSR count). The van der Waals surface area contributed by atoms with Gasteiger partial charge in [-0.15, -0.1) is 0 Å². The minimum atomic E-state index is -0.996. The molecule has 1 unspecified atom stereocenters. The second-order valence-electron chi connectivity index (χ2n) is 4.09. The van der Waals surface area contributed by atoms with Crippen molar-refractivity contribution in [2.24, 2.45) is 0 Å². The minimum Gasteiger partial charge on any atom is -0.465 e. The Labute approximate surface area is 107 Å². The number of carboxylic acid groups (broad SMARTS) is 1. The van der Waals surface area contributed by atoms with Crippen LogP contribution in [0, 0.1) is 0 Å². The van der Waals surface area contributed by atoms with Crippen molar-refractivity contribution in [3.8, 4) is 0 Å². The van der Waals surface area contributed by atoms with Crippen LogP contribution in [0.3, 0.4) is 0 Å². The Bertz CT molecular complexity index is 343. The molecule has 0 radical (unpaired) electrons. The Morgan fingerprint density at radius 1 is 1.39 bits per heavy atom. The molecule has 0 saturated heterocycles. The highest BCUT2D eigenvalue weighted by atomic mass is 16.5. The Morgan fingerprint density at radius 3 is 2.78 bits per heavy atom. The number of hydrogen-bond acceptors (Lipinski definition) is 3. The second kappa shape index (κ2) is 8.49. The molecule has 1 atom stereocenters. The lowest BCUT2D eigenvalue weighted by Crippen LogP contribution is -2.40. The van der Waals surface area contributed by atoms with E-state index in [9.17, 15) is 4.79 Å². The van der Waals surface area contributed by atoms with E-state index in [-0.39, 0.29) is 6.04 Å². The first-order chi connectivity index (χ1) is 8.68. The largest absolute Gasteiger partial charge is 0.465 e. The first-order valence-corrected chi connectivity index (χ1v) is 6.00. The van der Waals surface area contributed by atoms with Gasteiger partial charge in [0.25, 0.3) is 0 Å². The second-order valence-corrected chi connectivity index (χ2v) is 4.09. The molecule has 0 saturated carbocycles. The minimum absolute atomic E-state index is 0.100. The maximum atomic E-state index is 10.3. The first kappa shape index (κ1) is 14.5. The van der Waals surface area contributed by atoms with Crippen LogP contribution in [0.15, 0.2) is 30.3 Å². The van der Waals surface area contributed by atoms with E-state index >= 15 is 0 Å². The summed E-state index contributed by atoms with van der Waals surface area (Å²) in [6.45, 7) is 4.32. The molecule has 5 nitrogen and oxygen atoms in total. The maximum absolute atomic E-state index is 10.3. The van der Waals surface area contributed by atoms with E-state index < -0.39 is 6.09 Å². The van der Waals surface area contributed by atoms with Gasteiger partial charge >= 0.3 is 6.09 Å². The summed E-state index contributed by atoms with van der Waals surface area (Å²) in [6.07, 6.45) is -0.996. The molecule has 0 spiro atoms. The summed E-state index contributed by atoms with van der Waals surface area (Å²) < 4.78 is 5.48. The molecule has 1 amide bonds. The zero-order chi connectivity index (χ0) is 13.2. The Hall–Kier alpha value is -1.59. The molecule has 0 bridgehead atoms. The normalized spacial score (nSPS) is 12.1. The van der Waals surface area contributed by atoms with Gasteiger partial charge < -0.3 is 20.5 Å². The monoisotopic (exact) mass is 252 g/mol. The lowest BCUT2D eigenvalue weighted by atomic mass is 10.2. The number of nitrogens with one attached hydrogen (secondary N) is 2. The number of benzene rings is 1. The molecular weight excluding hydrogens is 232 g/mol. The predicted molar refractivity (Wildman–Crippen MR) is 69.6 cm³/mol. The molecular formula is C13H20N2O3. The van der Waals surface area contributed by atoms with E-state index in [1.807, 2.05) is 37.3 Å². The van der Waals surface area contributed by atoms with Crippen LogP contribution >= 0.6 is 0 Å². The van der Waals surface area contributed by atoms with Gasteiger partial charge in [-0.05, 0) is 12.5 Å². The first-order valence-electron chi connectivity index (χ1n) is 6.00. The third kappa shape index (κ3) is 6.88. The summed E-state index contributed by atoms with van der Waals surface area (Å²) in [4.78, 5) is 10.3. The molecule has 0 aliphatic heterocycles. The number of hydrogen-bond donors (Lipinski definition) is 3. The summed E-state index contributed by atoms with van der Waals surface area (Å²) in [6, 6.07) is 9.88. The smallest absolute Gasteiger partial charge is 0.404 e. The summed E-state index contributed by atoms with van der Waals surface area (Å²) >= 11 is 0. The number of amides is 1. The quantitative estimate of drug-likeness (QED) is 0.612. The highest BCUT2D eigenvalue weighted by Gasteiger charge is 2.03. The van der Waals surface area contributed by atoms with E-state index in [0.717, 1.165) is 5.56 Å². The van der Waals surface area contributed by atoms with Crippen LogP contribution in [0.25, 0.3) is 0 Å². The summed E-state index contributed by atoms with van der Waals surface area (Å²) in [5.74, 6) is 0. The van der Waals surface area contributed by atoms with Crippen LogP contribution in [0.5, 0.6) is 0 Å². The van der Waals surface area contributed by atoms with Crippen LogP contribution in [0.2, 0.25) is 0 Å². The van der Waals surface area contributed by atoms with Gasteiger partial charge in [0.05, 0.1) is 13.2 Å². The van der Waals surface area contributed by atoms with Gasteiger partial charge in [0, 0.05) is 19.1 Å². The molecule has 1 aromatic carbocycles. The topological polar surface area (TPSA) is 70.6 Å². The van der Waals surface area contributed by atoms with Crippen molar-refractivity contribution in [2.75, 3.05) is 19.7 Å². The average molecular weight is 252 g/mol. The highest BCUT2D eigenvalue weighted by Crippen LogP contribution is 1.99. The standard InChI is InChI=1S/C13H20N2O3/c1-11(15-13(16)17)9-14-7-8-18-10-12-5-3-2-4-6-12/h2-6,11,14-15H,7-10H2,1H3,(H,16,17). The fraction of sp³-hybridized carbons (Fsp3) is 0.462. The van der Waals surface area contributed by atoms with Crippen molar-refractivity contribution in [1.82, 2.24) is 10.6 Å². The summed E-state index contributed by atoms with van der Waals surface area (Å²) in [5, 5.41) is 14.0. The van der Waals surface area contributed by atoms with Gasteiger partial charge in [0.2, 0.25) is 0 Å². The van der Waals surface area contributed by atoms with Gasteiger partial charge in [0.1, 0.15) is 0 Å². The number of ether oxygens (including phenoxy) is 1. The molecule has 5 heteroatoms. The lowest BCUT2D eigenvalue weighted by molar-refractivity contribution is 0.122. The van der Waals surface area contributed by atoms with Gasteiger partial charge in [-0.2, -0.15) is 0 Å². The van der Waals surface area contributed by atoms with Gasteiger partial charge in [0.15, 0.2) is 0 Å². The lowest BCUT2D eigenvalue weighted by Gasteiger charge is -2.12. The van der Waals surface area contributed by atoms with Gasteiger partial charge in [-0.3, -0.25) is 0 Å². The fourth-order valence-electron chi connectivity index (χ4n) is 1.49. The van der Waals surface area contributed by atoms with Crippen LogP contribution < -0.4 is 10.6 Å². The number of carbonyl (C=O) groups is 1. The van der Waals surface area contributed by atoms with Crippen LogP contribution in [-0.4, -0.2) is 36.9 Å². The highest BCUT2D eigenvalue weighted by molar-refractivity contribution is 5.64. The van der Waals surface area contributed by atoms with Crippen LogP contribution in [0.1, 0.15) is 12.5 Å². The molecule has 0 aliphatic carbocycles. The summed E-state index contributed by atoms with van der Waals surface area (Å²) in [5.41, 5.74) is 1.15. The summed E-state index contributed by atoms with van der Waals surface area (Å²) in [7, 11) is 0.